The molecule has 98 valence electrons. The van der Waals surface area contributed by atoms with Gasteiger partial charge in [0.05, 0.1) is 25.7 Å². The smallest absolute Gasteiger partial charge is 0.222 e. The van der Waals surface area contributed by atoms with Gasteiger partial charge >= 0.3 is 0 Å². The summed E-state index contributed by atoms with van der Waals surface area (Å²) >= 11 is 0. The van der Waals surface area contributed by atoms with Crippen molar-refractivity contribution in [3.05, 3.63) is 12.2 Å². The summed E-state index contributed by atoms with van der Waals surface area (Å²) in [5.74, 6) is 0.0517. The summed E-state index contributed by atoms with van der Waals surface area (Å²) < 4.78 is 10.8. The van der Waals surface area contributed by atoms with Crippen LogP contribution in [0.2, 0.25) is 0 Å². The van der Waals surface area contributed by atoms with Gasteiger partial charge in [-0.25, -0.2) is 0 Å². The second-order valence-electron chi connectivity index (χ2n) is 4.55. The van der Waals surface area contributed by atoms with Gasteiger partial charge in [0.1, 0.15) is 0 Å². The van der Waals surface area contributed by atoms with Crippen LogP contribution in [-0.4, -0.2) is 38.4 Å². The third kappa shape index (κ3) is 7.13. The van der Waals surface area contributed by atoms with Crippen LogP contribution in [0.1, 0.15) is 32.6 Å². The molecule has 4 nitrogen and oxygen atoms in total. The Bertz CT molecular complexity index is 247. The fourth-order valence-electron chi connectivity index (χ4n) is 1.76. The van der Waals surface area contributed by atoms with Crippen LogP contribution < -0.4 is 5.32 Å². The van der Waals surface area contributed by atoms with E-state index in [2.05, 4.69) is 11.9 Å². The van der Waals surface area contributed by atoms with Crippen molar-refractivity contribution in [1.29, 1.82) is 0 Å². The van der Waals surface area contributed by atoms with Gasteiger partial charge in [0, 0.05) is 13.2 Å². The highest BCUT2D eigenvalue weighted by Crippen LogP contribution is 2.15. The molecule has 0 aromatic carbocycles. The second kappa shape index (κ2) is 8.25. The molecule has 0 aliphatic carbocycles. The lowest BCUT2D eigenvalue weighted by Gasteiger charge is -2.21. The molecule has 1 amide bonds. The minimum Gasteiger partial charge on any atom is -0.378 e. The maximum atomic E-state index is 11.5. The van der Waals surface area contributed by atoms with E-state index in [1.807, 2.05) is 6.92 Å². The molecule has 1 atom stereocenters. The standard InChI is InChI=1S/C13H23NO3/c1-11(2)10-16-8-6-14-13(15)9-12-5-3-4-7-17-12/h12H,1,3-10H2,2H3,(H,14,15). The summed E-state index contributed by atoms with van der Waals surface area (Å²) in [5.41, 5.74) is 0.993. The van der Waals surface area contributed by atoms with Crippen LogP contribution in [0.4, 0.5) is 0 Å². The van der Waals surface area contributed by atoms with Crippen molar-refractivity contribution in [2.45, 2.75) is 38.7 Å². The van der Waals surface area contributed by atoms with E-state index in [4.69, 9.17) is 9.47 Å². The molecule has 1 fully saturated rings. The second-order valence-corrected chi connectivity index (χ2v) is 4.55. The molecule has 1 saturated heterocycles. The highest BCUT2D eigenvalue weighted by Gasteiger charge is 2.16. The molecule has 4 heteroatoms. The Morgan fingerprint density at radius 3 is 3.00 bits per heavy atom. The van der Waals surface area contributed by atoms with Crippen molar-refractivity contribution >= 4 is 5.91 Å². The van der Waals surface area contributed by atoms with Crippen molar-refractivity contribution in [3.63, 3.8) is 0 Å². The van der Waals surface area contributed by atoms with E-state index in [-0.39, 0.29) is 12.0 Å². The summed E-state index contributed by atoms with van der Waals surface area (Å²) in [6.45, 7) is 8.09. The molecule has 1 heterocycles. The van der Waals surface area contributed by atoms with Crippen LogP contribution in [-0.2, 0) is 14.3 Å². The van der Waals surface area contributed by atoms with Crippen LogP contribution >= 0.6 is 0 Å². The molecule has 0 saturated carbocycles. The third-order valence-electron chi connectivity index (χ3n) is 2.60. The molecule has 17 heavy (non-hydrogen) atoms. The Balaban J connectivity index is 1.98. The minimum atomic E-state index is 0.0517. The van der Waals surface area contributed by atoms with E-state index >= 15 is 0 Å². The average molecular weight is 241 g/mol. The lowest BCUT2D eigenvalue weighted by atomic mass is 10.1. The van der Waals surface area contributed by atoms with Crippen molar-refractivity contribution in [1.82, 2.24) is 5.32 Å². The van der Waals surface area contributed by atoms with E-state index < -0.39 is 0 Å². The highest BCUT2D eigenvalue weighted by atomic mass is 16.5. The summed E-state index contributed by atoms with van der Waals surface area (Å²) in [6.07, 6.45) is 3.87. The van der Waals surface area contributed by atoms with Gasteiger partial charge in [-0.05, 0) is 26.2 Å². The molecule has 1 aliphatic rings. The van der Waals surface area contributed by atoms with E-state index in [1.165, 1.54) is 6.42 Å². The molecule has 0 spiro atoms. The van der Waals surface area contributed by atoms with Gasteiger partial charge in [-0.15, -0.1) is 0 Å². The Labute approximate surface area is 103 Å². The first-order chi connectivity index (χ1) is 8.18. The normalized spacial score (nSPS) is 19.9. The number of hydrogen-bond acceptors (Lipinski definition) is 3. The molecular weight excluding hydrogens is 218 g/mol. The number of carbonyl (C=O) groups is 1. The number of amides is 1. The predicted octanol–water partition coefficient (Wildman–Crippen LogP) is 1.65. The number of hydrogen-bond donors (Lipinski definition) is 1. The van der Waals surface area contributed by atoms with Crippen molar-refractivity contribution < 1.29 is 14.3 Å². The Morgan fingerprint density at radius 2 is 2.35 bits per heavy atom. The van der Waals surface area contributed by atoms with Gasteiger partial charge in [0.15, 0.2) is 0 Å². The van der Waals surface area contributed by atoms with Gasteiger partial charge in [-0.2, -0.15) is 0 Å². The van der Waals surface area contributed by atoms with Crippen LogP contribution in [0.15, 0.2) is 12.2 Å². The lowest BCUT2D eigenvalue weighted by Crippen LogP contribution is -2.32. The van der Waals surface area contributed by atoms with Crippen LogP contribution in [0.25, 0.3) is 0 Å². The lowest BCUT2D eigenvalue weighted by molar-refractivity contribution is -0.125. The summed E-state index contributed by atoms with van der Waals surface area (Å²) in [7, 11) is 0. The van der Waals surface area contributed by atoms with E-state index in [0.717, 1.165) is 25.0 Å². The molecule has 1 aliphatic heterocycles. The first kappa shape index (κ1) is 14.2. The zero-order valence-corrected chi connectivity index (χ0v) is 10.7. The number of rotatable bonds is 7. The Morgan fingerprint density at radius 1 is 1.53 bits per heavy atom. The third-order valence-corrected chi connectivity index (χ3v) is 2.60. The topological polar surface area (TPSA) is 47.6 Å². The fraction of sp³-hybridized carbons (Fsp3) is 0.769. The number of nitrogens with one attached hydrogen (secondary N) is 1. The average Bonchev–Trinajstić information content (AvgIpc) is 2.29. The van der Waals surface area contributed by atoms with Crippen LogP contribution in [0.5, 0.6) is 0 Å². The maximum absolute atomic E-state index is 11.5. The molecule has 0 aromatic heterocycles. The van der Waals surface area contributed by atoms with Crippen LogP contribution in [0, 0.1) is 0 Å². The zero-order valence-electron chi connectivity index (χ0n) is 10.7. The summed E-state index contributed by atoms with van der Waals surface area (Å²) in [5, 5.41) is 2.83. The molecule has 0 radical (unpaired) electrons. The summed E-state index contributed by atoms with van der Waals surface area (Å²) in [6, 6.07) is 0. The van der Waals surface area contributed by atoms with E-state index in [1.54, 1.807) is 0 Å². The molecule has 1 rings (SSSR count). The Kier molecular flexibility index (Phi) is 6.89. The zero-order chi connectivity index (χ0) is 12.5. The van der Waals surface area contributed by atoms with Gasteiger partial charge in [0.2, 0.25) is 5.91 Å². The first-order valence-electron chi connectivity index (χ1n) is 6.29. The van der Waals surface area contributed by atoms with Crippen molar-refractivity contribution in [2.24, 2.45) is 0 Å². The first-order valence-corrected chi connectivity index (χ1v) is 6.29. The minimum absolute atomic E-state index is 0.0517. The van der Waals surface area contributed by atoms with E-state index in [9.17, 15) is 4.79 Å². The quantitative estimate of drug-likeness (QED) is 0.544. The highest BCUT2D eigenvalue weighted by molar-refractivity contribution is 5.76. The Hall–Kier alpha value is -0.870. The maximum Gasteiger partial charge on any atom is 0.222 e. The van der Waals surface area contributed by atoms with Gasteiger partial charge in [-0.3, -0.25) is 4.79 Å². The van der Waals surface area contributed by atoms with E-state index in [0.29, 0.717) is 26.2 Å². The summed E-state index contributed by atoms with van der Waals surface area (Å²) in [4.78, 5) is 11.5. The number of ether oxygens (including phenoxy) is 2. The number of carbonyl (C=O) groups excluding carboxylic acids is 1. The molecule has 1 unspecified atom stereocenters. The van der Waals surface area contributed by atoms with Gasteiger partial charge in [0.25, 0.3) is 0 Å². The molecule has 1 N–H and O–H groups in total. The molecular formula is C13H23NO3. The predicted molar refractivity (Wildman–Crippen MR) is 66.9 cm³/mol. The molecule has 0 aromatic rings. The SMILES string of the molecule is C=C(C)COCCNC(=O)CC1CCCCO1. The monoisotopic (exact) mass is 241 g/mol. The van der Waals surface area contributed by atoms with Gasteiger partial charge in [-0.1, -0.05) is 12.2 Å². The van der Waals surface area contributed by atoms with Gasteiger partial charge < -0.3 is 14.8 Å². The largest absolute Gasteiger partial charge is 0.378 e. The molecule has 0 bridgehead atoms. The fourth-order valence-corrected chi connectivity index (χ4v) is 1.76. The van der Waals surface area contributed by atoms with Crippen molar-refractivity contribution in [2.75, 3.05) is 26.4 Å². The van der Waals surface area contributed by atoms with Crippen molar-refractivity contribution in [3.8, 4) is 0 Å². The van der Waals surface area contributed by atoms with Crippen LogP contribution in [0.3, 0.4) is 0 Å².